The zero-order valence-electron chi connectivity index (χ0n) is 12.6. The Bertz CT molecular complexity index is 566. The summed E-state index contributed by atoms with van der Waals surface area (Å²) in [6.07, 6.45) is 3.58. The highest BCUT2D eigenvalue weighted by molar-refractivity contribution is 7.92. The smallest absolute Gasteiger partial charge is 0.181 e. The van der Waals surface area contributed by atoms with Crippen molar-refractivity contribution in [2.75, 3.05) is 6.54 Å². The van der Waals surface area contributed by atoms with Gasteiger partial charge in [-0.05, 0) is 63.3 Å². The number of benzene rings is 1. The Balaban J connectivity index is 2.17. The third-order valence-corrected chi connectivity index (χ3v) is 6.52. The lowest BCUT2D eigenvalue weighted by atomic mass is 10.2. The van der Waals surface area contributed by atoms with Crippen LogP contribution >= 0.6 is 0 Å². The van der Waals surface area contributed by atoms with Gasteiger partial charge in [-0.1, -0.05) is 19.1 Å². The van der Waals surface area contributed by atoms with Crippen LogP contribution in [-0.4, -0.2) is 26.3 Å². The van der Waals surface area contributed by atoms with E-state index in [1.54, 1.807) is 0 Å². The second-order valence-corrected chi connectivity index (χ2v) is 8.10. The van der Waals surface area contributed by atoms with Gasteiger partial charge in [0.1, 0.15) is 0 Å². The zero-order chi connectivity index (χ0) is 14.8. The van der Waals surface area contributed by atoms with Crippen molar-refractivity contribution >= 4 is 9.84 Å². The maximum Gasteiger partial charge on any atom is 0.181 e. The molecule has 0 heterocycles. The third-order valence-electron chi connectivity index (χ3n) is 4.16. The van der Waals surface area contributed by atoms with Gasteiger partial charge in [0.2, 0.25) is 0 Å². The van der Waals surface area contributed by atoms with Crippen LogP contribution < -0.4 is 5.32 Å². The molecule has 2 unspecified atom stereocenters. The van der Waals surface area contributed by atoms with Crippen LogP contribution in [0.25, 0.3) is 0 Å². The summed E-state index contributed by atoms with van der Waals surface area (Å²) >= 11 is 0. The van der Waals surface area contributed by atoms with Gasteiger partial charge < -0.3 is 5.32 Å². The number of aryl methyl sites for hydroxylation is 2. The van der Waals surface area contributed by atoms with E-state index in [1.807, 2.05) is 32.0 Å². The van der Waals surface area contributed by atoms with E-state index in [0.29, 0.717) is 10.9 Å². The highest BCUT2D eigenvalue weighted by Gasteiger charge is 2.35. The molecule has 1 aliphatic carbocycles. The Kier molecular flexibility index (Phi) is 4.86. The summed E-state index contributed by atoms with van der Waals surface area (Å²) in [7, 11) is -3.19. The summed E-state index contributed by atoms with van der Waals surface area (Å²) in [5.74, 6) is 0. The number of hydrogen-bond donors (Lipinski definition) is 1. The highest BCUT2D eigenvalue weighted by atomic mass is 32.2. The summed E-state index contributed by atoms with van der Waals surface area (Å²) in [5, 5.41) is 3.22. The van der Waals surface area contributed by atoms with E-state index in [-0.39, 0.29) is 5.25 Å². The van der Waals surface area contributed by atoms with Crippen molar-refractivity contribution in [3.05, 3.63) is 29.3 Å². The van der Waals surface area contributed by atoms with Crippen LogP contribution in [-0.2, 0) is 9.84 Å². The molecule has 112 valence electrons. The molecule has 0 amide bonds. The van der Waals surface area contributed by atoms with Gasteiger partial charge in [0.05, 0.1) is 10.1 Å². The van der Waals surface area contributed by atoms with Gasteiger partial charge in [-0.25, -0.2) is 8.42 Å². The quantitative estimate of drug-likeness (QED) is 0.908. The fourth-order valence-corrected chi connectivity index (χ4v) is 5.11. The van der Waals surface area contributed by atoms with E-state index in [1.165, 1.54) is 0 Å². The van der Waals surface area contributed by atoms with Crippen molar-refractivity contribution in [3.63, 3.8) is 0 Å². The second kappa shape index (κ2) is 6.27. The zero-order valence-corrected chi connectivity index (χ0v) is 13.5. The Hall–Kier alpha value is -0.870. The van der Waals surface area contributed by atoms with E-state index < -0.39 is 9.84 Å². The molecule has 1 aliphatic rings. The maximum absolute atomic E-state index is 12.8. The molecule has 1 saturated carbocycles. The molecular formula is C16H25NO2S. The van der Waals surface area contributed by atoms with E-state index in [4.69, 9.17) is 0 Å². The van der Waals surface area contributed by atoms with Crippen LogP contribution in [0, 0.1) is 13.8 Å². The SMILES string of the molecule is CCCNC1CCC(S(=O)(=O)c2cc(C)ccc2C)C1. The molecule has 4 heteroatoms. The van der Waals surface area contributed by atoms with Gasteiger partial charge in [0.15, 0.2) is 9.84 Å². The number of nitrogens with one attached hydrogen (secondary N) is 1. The standard InChI is InChI=1S/C16H25NO2S/c1-4-9-17-14-7-8-15(11-14)20(18,19)16-10-12(2)5-6-13(16)3/h5-6,10,14-15,17H,4,7-9,11H2,1-3H3. The number of hydrogen-bond acceptors (Lipinski definition) is 3. The molecule has 2 atom stereocenters. The first kappa shape index (κ1) is 15.5. The largest absolute Gasteiger partial charge is 0.314 e. The van der Waals surface area contributed by atoms with Crippen LogP contribution in [0.2, 0.25) is 0 Å². The van der Waals surface area contributed by atoms with Crippen LogP contribution in [0.3, 0.4) is 0 Å². The predicted molar refractivity (Wildman–Crippen MR) is 82.8 cm³/mol. The first-order valence-corrected chi connectivity index (χ1v) is 9.04. The molecule has 3 nitrogen and oxygen atoms in total. The van der Waals surface area contributed by atoms with Crippen LogP contribution in [0.5, 0.6) is 0 Å². The van der Waals surface area contributed by atoms with Crippen molar-refractivity contribution in [2.45, 2.75) is 62.6 Å². The molecule has 2 rings (SSSR count). The molecule has 0 bridgehead atoms. The summed E-state index contributed by atoms with van der Waals surface area (Å²) < 4.78 is 25.6. The Labute approximate surface area is 122 Å². The van der Waals surface area contributed by atoms with Gasteiger partial charge in [-0.3, -0.25) is 0 Å². The average molecular weight is 295 g/mol. The highest BCUT2D eigenvalue weighted by Crippen LogP contribution is 2.31. The van der Waals surface area contributed by atoms with Crippen molar-refractivity contribution in [1.29, 1.82) is 0 Å². The number of rotatable bonds is 5. The number of sulfone groups is 1. The van der Waals surface area contributed by atoms with Crippen molar-refractivity contribution < 1.29 is 8.42 Å². The fraction of sp³-hybridized carbons (Fsp3) is 0.625. The van der Waals surface area contributed by atoms with Crippen molar-refractivity contribution in [1.82, 2.24) is 5.32 Å². The molecule has 1 aromatic rings. The monoisotopic (exact) mass is 295 g/mol. The minimum absolute atomic E-state index is 0.225. The molecule has 0 aromatic heterocycles. The Morgan fingerprint density at radius 2 is 2.00 bits per heavy atom. The van der Waals surface area contributed by atoms with E-state index in [0.717, 1.165) is 43.4 Å². The van der Waals surface area contributed by atoms with Gasteiger partial charge in [-0.2, -0.15) is 0 Å². The lowest BCUT2D eigenvalue weighted by Crippen LogP contribution is -2.29. The van der Waals surface area contributed by atoms with Gasteiger partial charge in [0.25, 0.3) is 0 Å². The maximum atomic E-state index is 12.8. The second-order valence-electron chi connectivity index (χ2n) is 5.90. The molecule has 1 N–H and O–H groups in total. The summed E-state index contributed by atoms with van der Waals surface area (Å²) in [4.78, 5) is 0.527. The molecular weight excluding hydrogens is 270 g/mol. The Morgan fingerprint density at radius 1 is 1.25 bits per heavy atom. The first-order chi connectivity index (χ1) is 9.45. The van der Waals surface area contributed by atoms with E-state index in [2.05, 4.69) is 12.2 Å². The molecule has 1 fully saturated rings. The van der Waals surface area contributed by atoms with Crippen LogP contribution in [0.15, 0.2) is 23.1 Å². The van der Waals surface area contributed by atoms with E-state index >= 15 is 0 Å². The van der Waals surface area contributed by atoms with Crippen molar-refractivity contribution in [3.8, 4) is 0 Å². The molecule has 0 spiro atoms. The van der Waals surface area contributed by atoms with Crippen LogP contribution in [0.1, 0.15) is 43.7 Å². The van der Waals surface area contributed by atoms with E-state index in [9.17, 15) is 8.42 Å². The molecule has 0 radical (unpaired) electrons. The molecule has 0 aliphatic heterocycles. The third kappa shape index (κ3) is 3.23. The lowest BCUT2D eigenvalue weighted by Gasteiger charge is -2.15. The normalized spacial score (nSPS) is 23.1. The lowest BCUT2D eigenvalue weighted by molar-refractivity contribution is 0.520. The Morgan fingerprint density at radius 3 is 2.70 bits per heavy atom. The van der Waals surface area contributed by atoms with Crippen molar-refractivity contribution in [2.24, 2.45) is 0 Å². The molecule has 1 aromatic carbocycles. The summed E-state index contributed by atoms with van der Waals surface area (Å²) in [5.41, 5.74) is 1.87. The minimum Gasteiger partial charge on any atom is -0.314 e. The average Bonchev–Trinajstić information content (AvgIpc) is 2.88. The summed E-state index contributed by atoms with van der Waals surface area (Å²) in [6.45, 7) is 6.93. The predicted octanol–water partition coefficient (Wildman–Crippen LogP) is 3.00. The van der Waals surface area contributed by atoms with Gasteiger partial charge in [-0.15, -0.1) is 0 Å². The first-order valence-electron chi connectivity index (χ1n) is 7.49. The van der Waals surface area contributed by atoms with Crippen LogP contribution in [0.4, 0.5) is 0 Å². The summed E-state index contributed by atoms with van der Waals surface area (Å²) in [6, 6.07) is 6.05. The molecule has 0 saturated heterocycles. The van der Waals surface area contributed by atoms with Gasteiger partial charge in [0, 0.05) is 6.04 Å². The fourth-order valence-electron chi connectivity index (χ4n) is 2.95. The molecule has 20 heavy (non-hydrogen) atoms. The minimum atomic E-state index is -3.19. The van der Waals surface area contributed by atoms with Gasteiger partial charge >= 0.3 is 0 Å². The topological polar surface area (TPSA) is 46.2 Å².